The normalized spacial score (nSPS) is 12.7. The first kappa shape index (κ1) is 9.43. The highest BCUT2D eigenvalue weighted by atomic mass is 16.2. The maximum atomic E-state index is 11.0. The van der Waals surface area contributed by atoms with Crippen LogP contribution in [0.5, 0.6) is 0 Å². The van der Waals surface area contributed by atoms with E-state index < -0.39 is 0 Å². The van der Waals surface area contributed by atoms with Crippen LogP contribution < -0.4 is 10.6 Å². The van der Waals surface area contributed by atoms with Crippen molar-refractivity contribution >= 4 is 5.91 Å². The molecule has 64 valence electrons. The molecule has 0 aliphatic heterocycles. The van der Waals surface area contributed by atoms with Crippen LogP contribution >= 0.6 is 0 Å². The van der Waals surface area contributed by atoms with Gasteiger partial charge in [-0.25, -0.2) is 0 Å². The molecule has 0 saturated heterocycles. The fourth-order valence-electron chi connectivity index (χ4n) is 0.726. The third kappa shape index (κ3) is 3.45. The zero-order valence-corrected chi connectivity index (χ0v) is 6.90. The Morgan fingerprint density at radius 2 is 2.10 bits per heavy atom. The molecule has 1 atom stereocenters. The van der Waals surface area contributed by atoms with Crippen molar-refractivity contribution in [2.24, 2.45) is 0 Å². The molecule has 0 rings (SSSR count). The lowest BCUT2D eigenvalue weighted by atomic mass is 10.3. The molecule has 1 amide bonds. The molecule has 0 saturated carbocycles. The van der Waals surface area contributed by atoms with Gasteiger partial charge in [-0.1, -0.05) is 6.92 Å². The molecule has 0 aromatic carbocycles. The maximum Gasteiger partial charge on any atom is 0.236 e. The van der Waals surface area contributed by atoms with Crippen molar-refractivity contribution in [3.05, 3.63) is 0 Å². The van der Waals surface area contributed by atoms with Gasteiger partial charge in [0.1, 0.15) is 0 Å². The molecule has 0 radical (unpaired) electrons. The number of nitrogens with one attached hydrogen (secondary N) is 2. The Morgan fingerprint density at radius 3 is 2.50 bits per heavy atom. The van der Waals surface area contributed by atoms with Gasteiger partial charge >= 0.3 is 0 Å². The molecule has 0 aromatic rings. The summed E-state index contributed by atoms with van der Waals surface area (Å²) in [5, 5.41) is 5.75. The Hall–Kier alpha value is -0.570. The van der Waals surface area contributed by atoms with E-state index in [0.717, 1.165) is 6.54 Å². The van der Waals surface area contributed by atoms with E-state index in [9.17, 15) is 4.79 Å². The molecule has 0 aromatic heterocycles. The van der Waals surface area contributed by atoms with Crippen LogP contribution in [0.25, 0.3) is 0 Å². The summed E-state index contributed by atoms with van der Waals surface area (Å²) < 4.78 is 0. The first-order valence-corrected chi connectivity index (χ1v) is 3.73. The molecule has 0 bridgehead atoms. The number of rotatable bonds is 4. The highest BCUT2D eigenvalue weighted by Crippen LogP contribution is 1.79. The van der Waals surface area contributed by atoms with Crippen molar-refractivity contribution in [1.82, 2.24) is 10.6 Å². The minimum atomic E-state index is -0.0649. The van der Waals surface area contributed by atoms with Crippen LogP contribution in [0.15, 0.2) is 0 Å². The second kappa shape index (κ2) is 5.23. The van der Waals surface area contributed by atoms with Crippen LogP contribution in [0.4, 0.5) is 0 Å². The van der Waals surface area contributed by atoms with Gasteiger partial charge in [0, 0.05) is 9.40 Å². The summed E-state index contributed by atoms with van der Waals surface area (Å²) in [5.41, 5.74) is 0. The van der Waals surface area contributed by atoms with Crippen molar-refractivity contribution in [3.8, 4) is 0 Å². The average Bonchev–Trinajstić information content (AvgIpc) is 1.89. The predicted octanol–water partition coefficient (Wildman–Crippen LogP) is 0.612. The smallest absolute Gasteiger partial charge is 0.236 e. The van der Waals surface area contributed by atoms with Crippen LogP contribution in [0.2, 0.25) is 0 Å². The lowest BCUT2D eigenvalue weighted by molar-refractivity contribution is -0.122. The van der Waals surface area contributed by atoms with Gasteiger partial charge in [0.2, 0.25) is 5.91 Å². The third-order valence-electron chi connectivity index (χ3n) is 1.25. The monoisotopic (exact) mass is 148 g/mol. The van der Waals surface area contributed by atoms with E-state index >= 15 is 0 Å². The SMILES string of the molecule is CCNC(=O)C(C)NCC.[HH].[HH]. The van der Waals surface area contributed by atoms with Gasteiger partial charge in [-0.2, -0.15) is 0 Å². The van der Waals surface area contributed by atoms with Gasteiger partial charge < -0.3 is 10.6 Å². The van der Waals surface area contributed by atoms with Crippen LogP contribution in [0, 0.1) is 0 Å². The average molecular weight is 148 g/mol. The number of carbonyl (C=O) groups is 1. The minimum absolute atomic E-state index is 0. The number of likely N-dealkylation sites (N-methyl/N-ethyl adjacent to an activating group) is 2. The molecular formula is C7H20N2O. The van der Waals surface area contributed by atoms with Crippen LogP contribution in [-0.2, 0) is 4.79 Å². The summed E-state index contributed by atoms with van der Waals surface area (Å²) in [6.07, 6.45) is 0. The van der Waals surface area contributed by atoms with Gasteiger partial charge in [-0.05, 0) is 20.4 Å². The van der Waals surface area contributed by atoms with E-state index in [1.807, 2.05) is 20.8 Å². The van der Waals surface area contributed by atoms with E-state index in [2.05, 4.69) is 10.6 Å². The quantitative estimate of drug-likeness (QED) is 0.613. The topological polar surface area (TPSA) is 41.1 Å². The fraction of sp³-hybridized carbons (Fsp3) is 0.857. The molecule has 1 unspecified atom stereocenters. The standard InChI is InChI=1S/C7H16N2O.2H2/c1-4-8-6(3)7(10)9-5-2;;/h6,8H,4-5H2,1-3H3,(H,9,10);2*1H. The molecule has 0 aliphatic rings. The van der Waals surface area contributed by atoms with E-state index in [1.54, 1.807) is 0 Å². The number of hydrogen-bond donors (Lipinski definition) is 2. The minimum Gasteiger partial charge on any atom is -0.355 e. The Labute approximate surface area is 65.2 Å². The van der Waals surface area contributed by atoms with E-state index in [-0.39, 0.29) is 14.8 Å². The predicted molar refractivity (Wildman–Crippen MR) is 46.1 cm³/mol. The molecule has 3 heteroatoms. The van der Waals surface area contributed by atoms with Gasteiger partial charge in [-0.15, -0.1) is 0 Å². The molecule has 2 N–H and O–H groups in total. The first-order chi connectivity index (χ1) is 4.72. The van der Waals surface area contributed by atoms with Crippen LogP contribution in [-0.4, -0.2) is 25.0 Å². The molecule has 0 spiro atoms. The Kier molecular flexibility index (Phi) is 4.94. The van der Waals surface area contributed by atoms with Crippen LogP contribution in [0.1, 0.15) is 23.6 Å². The lowest BCUT2D eigenvalue weighted by Gasteiger charge is -2.10. The highest BCUT2D eigenvalue weighted by molar-refractivity contribution is 5.81. The number of carbonyl (C=O) groups excluding carboxylic acids is 1. The van der Waals surface area contributed by atoms with Crippen molar-refractivity contribution < 1.29 is 7.65 Å². The zero-order valence-electron chi connectivity index (χ0n) is 6.90. The maximum absolute atomic E-state index is 11.0. The Balaban J connectivity index is -0.000000405. The molecule has 0 heterocycles. The fourth-order valence-corrected chi connectivity index (χ4v) is 0.726. The Morgan fingerprint density at radius 1 is 1.50 bits per heavy atom. The van der Waals surface area contributed by atoms with Gasteiger partial charge in [0.25, 0.3) is 0 Å². The van der Waals surface area contributed by atoms with Crippen molar-refractivity contribution in [2.75, 3.05) is 13.1 Å². The van der Waals surface area contributed by atoms with E-state index in [4.69, 9.17) is 0 Å². The third-order valence-corrected chi connectivity index (χ3v) is 1.25. The summed E-state index contributed by atoms with van der Waals surface area (Å²) in [6, 6.07) is -0.0649. The summed E-state index contributed by atoms with van der Waals surface area (Å²) in [7, 11) is 0. The summed E-state index contributed by atoms with van der Waals surface area (Å²) in [4.78, 5) is 11.0. The number of hydrogen-bond acceptors (Lipinski definition) is 2. The second-order valence-electron chi connectivity index (χ2n) is 2.17. The Bertz CT molecular complexity index is 112. The van der Waals surface area contributed by atoms with E-state index in [1.165, 1.54) is 0 Å². The molecule has 10 heavy (non-hydrogen) atoms. The zero-order chi connectivity index (χ0) is 7.98. The van der Waals surface area contributed by atoms with E-state index in [0.29, 0.717) is 6.54 Å². The summed E-state index contributed by atoms with van der Waals surface area (Å²) >= 11 is 0. The first-order valence-electron chi connectivity index (χ1n) is 3.73. The molecule has 3 nitrogen and oxygen atoms in total. The lowest BCUT2D eigenvalue weighted by Crippen LogP contribution is -2.41. The van der Waals surface area contributed by atoms with Crippen molar-refractivity contribution in [2.45, 2.75) is 26.8 Å². The summed E-state index contributed by atoms with van der Waals surface area (Å²) in [6.45, 7) is 7.29. The van der Waals surface area contributed by atoms with Gasteiger partial charge in [-0.3, -0.25) is 4.79 Å². The highest BCUT2D eigenvalue weighted by Gasteiger charge is 2.07. The van der Waals surface area contributed by atoms with Gasteiger partial charge in [0.05, 0.1) is 6.04 Å². The molecular weight excluding hydrogens is 128 g/mol. The summed E-state index contributed by atoms with van der Waals surface area (Å²) in [5.74, 6) is 0.0735. The number of amides is 1. The van der Waals surface area contributed by atoms with Gasteiger partial charge in [0.15, 0.2) is 0 Å². The largest absolute Gasteiger partial charge is 0.355 e. The second-order valence-corrected chi connectivity index (χ2v) is 2.17. The van der Waals surface area contributed by atoms with Crippen molar-refractivity contribution in [3.63, 3.8) is 0 Å². The molecule has 0 aliphatic carbocycles. The molecule has 0 fully saturated rings. The van der Waals surface area contributed by atoms with Crippen molar-refractivity contribution in [1.29, 1.82) is 0 Å². The van der Waals surface area contributed by atoms with Crippen LogP contribution in [0.3, 0.4) is 0 Å².